The van der Waals surface area contributed by atoms with E-state index in [1.54, 1.807) is 0 Å². The van der Waals surface area contributed by atoms with Crippen LogP contribution in [0.4, 0.5) is 34.1 Å². The number of benzene rings is 14. The summed E-state index contributed by atoms with van der Waals surface area (Å²) in [5.74, 6) is 0. The molecule has 0 saturated heterocycles. The zero-order valence-corrected chi connectivity index (χ0v) is 50.4. The highest BCUT2D eigenvalue weighted by atomic mass is 16.3. The second kappa shape index (κ2) is 21.8. The molecule has 0 fully saturated rings. The lowest BCUT2D eigenvalue weighted by Crippen LogP contribution is -2.29. The summed E-state index contributed by atoms with van der Waals surface area (Å²) in [5.41, 5.74) is 26.0. The molecule has 0 N–H and O–H groups in total. The normalized spacial score (nSPS) is 12.4. The Morgan fingerprint density at radius 2 is 0.648 bits per heavy atom. The lowest BCUT2D eigenvalue weighted by atomic mass is 9.67. The van der Waals surface area contributed by atoms with E-state index in [9.17, 15) is 0 Å². The number of para-hydroxylation sites is 2. The van der Waals surface area contributed by atoms with Gasteiger partial charge in [-0.1, -0.05) is 278 Å². The molecule has 16 aromatic rings. The van der Waals surface area contributed by atoms with Gasteiger partial charge in [0.1, 0.15) is 16.7 Å². The van der Waals surface area contributed by atoms with Gasteiger partial charge in [-0.15, -0.1) is 0 Å². The molecular weight excluding hydrogens is 1100 g/mol. The third-order valence-electron chi connectivity index (χ3n) is 18.7. The topological polar surface area (TPSA) is 32.8 Å². The van der Waals surface area contributed by atoms with Crippen molar-refractivity contribution in [1.29, 1.82) is 0 Å². The Morgan fingerprint density at radius 3 is 1.12 bits per heavy atom. The third-order valence-corrected chi connectivity index (χ3v) is 18.7. The highest BCUT2D eigenvalue weighted by Gasteiger charge is 2.50. The number of fused-ring (bicyclic) bond motifs is 11. The van der Waals surface area contributed by atoms with Crippen LogP contribution in [0.1, 0.15) is 33.4 Å². The minimum absolute atomic E-state index is 0.771. The van der Waals surface area contributed by atoms with Crippen molar-refractivity contribution >= 4 is 78.0 Å². The summed E-state index contributed by atoms with van der Waals surface area (Å²) in [4.78, 5) is 4.98. The van der Waals surface area contributed by atoms with Crippen molar-refractivity contribution in [2.24, 2.45) is 0 Å². The van der Waals surface area contributed by atoms with E-state index in [1.165, 1.54) is 11.1 Å². The largest absolute Gasteiger partial charge is 0.455 e. The van der Waals surface area contributed by atoms with Crippen molar-refractivity contribution < 1.29 is 8.83 Å². The van der Waals surface area contributed by atoms with Crippen LogP contribution >= 0.6 is 0 Å². The number of furan rings is 2. The molecule has 4 nitrogen and oxygen atoms in total. The summed E-state index contributed by atoms with van der Waals surface area (Å²) in [6.45, 7) is 4.33. The zero-order chi connectivity index (χ0) is 60.6. The predicted molar refractivity (Wildman–Crippen MR) is 379 cm³/mol. The first kappa shape index (κ1) is 53.5. The van der Waals surface area contributed by atoms with Crippen molar-refractivity contribution in [3.05, 3.63) is 361 Å². The summed E-state index contributed by atoms with van der Waals surface area (Å²) < 4.78 is 15.3. The van der Waals surface area contributed by atoms with Gasteiger partial charge in [0, 0.05) is 49.8 Å². The van der Waals surface area contributed by atoms with Gasteiger partial charge in [-0.25, -0.2) is 0 Å². The molecule has 1 aliphatic rings. The SMILES string of the molecule is Cc1ccc(N(c2cc(-c3ccccc3)ccc2-c2ccccc2)c2cc3c(c4c2oc2ccccc24)-c2c(cc(N(c4ccc(C)cc4)c4cc(-c5ccccc5)ccc4-c4ccccc4)c4c2oc2ccccc24)C3(c2ccccc2)c2ccccc2)cc1. The van der Waals surface area contributed by atoms with Gasteiger partial charge in [0.05, 0.1) is 33.6 Å². The van der Waals surface area contributed by atoms with Crippen LogP contribution < -0.4 is 9.80 Å². The number of anilines is 6. The average Bonchev–Trinajstić information content (AvgIpc) is 1.50. The molecule has 0 spiro atoms. The average molecular weight is 1170 g/mol. The molecule has 0 amide bonds. The molecular formula is C87H60N2O2. The molecule has 0 radical (unpaired) electrons. The van der Waals surface area contributed by atoms with Gasteiger partial charge in [0.2, 0.25) is 0 Å². The molecule has 4 heteroatoms. The number of nitrogens with zero attached hydrogens (tertiary/aromatic N) is 2. The van der Waals surface area contributed by atoms with Gasteiger partial charge in [0.25, 0.3) is 0 Å². The van der Waals surface area contributed by atoms with E-state index >= 15 is 0 Å². The first-order valence-electron chi connectivity index (χ1n) is 31.3. The standard InChI is InChI=1S/C87H60N2O2/c1-57-41-47-67(48-42-57)88(75-53-63(59-25-9-3-10-26-59)45-51-69(75)61-29-13-5-14-30-61)77-55-74-84(86-81(77)71-37-21-23-39-79(71)91-86)83-73(87(74,65-33-17-7-18-34-65)66-35-19-8-20-36-66)56-78(85-82(83)72-38-22-24-40-80(72)90-85)89(68-49-43-58(2)44-50-68)76-54-64(60-27-11-4-12-28-60)46-52-70(76)62-31-15-6-16-32-62/h3-56H,1-2H3. The van der Waals surface area contributed by atoms with Gasteiger partial charge in [-0.2, -0.15) is 0 Å². The lowest BCUT2D eigenvalue weighted by Gasteiger charge is -2.36. The number of rotatable bonds is 12. The van der Waals surface area contributed by atoms with Gasteiger partial charge >= 0.3 is 0 Å². The Kier molecular flexibility index (Phi) is 12.8. The van der Waals surface area contributed by atoms with Crippen molar-refractivity contribution in [2.75, 3.05) is 9.80 Å². The molecule has 1 aliphatic carbocycles. The second-order valence-corrected chi connectivity index (χ2v) is 24.0. The van der Waals surface area contributed by atoms with Crippen molar-refractivity contribution in [1.82, 2.24) is 0 Å². The van der Waals surface area contributed by atoms with Crippen LogP contribution in [0, 0.1) is 13.8 Å². The zero-order valence-electron chi connectivity index (χ0n) is 50.4. The molecule has 2 heterocycles. The summed E-state index contributed by atoms with van der Waals surface area (Å²) in [6.07, 6.45) is 0. The minimum atomic E-state index is -0.976. The van der Waals surface area contributed by atoms with Crippen molar-refractivity contribution in [3.63, 3.8) is 0 Å². The Morgan fingerprint density at radius 1 is 0.275 bits per heavy atom. The first-order chi connectivity index (χ1) is 45.0. The predicted octanol–water partition coefficient (Wildman–Crippen LogP) is 24.1. The maximum atomic E-state index is 7.72. The highest BCUT2D eigenvalue weighted by molar-refractivity contribution is 6.26. The van der Waals surface area contributed by atoms with Crippen molar-refractivity contribution in [2.45, 2.75) is 19.3 Å². The number of aryl methyl sites for hydroxylation is 2. The van der Waals surface area contributed by atoms with E-state index in [1.807, 2.05) is 0 Å². The quantitative estimate of drug-likeness (QED) is 0.122. The number of hydrogen-bond donors (Lipinski definition) is 0. The van der Waals surface area contributed by atoms with Gasteiger partial charge in [0.15, 0.2) is 5.58 Å². The molecule has 0 bridgehead atoms. The van der Waals surface area contributed by atoms with E-state index < -0.39 is 5.41 Å². The Hall–Kier alpha value is -11.7. The van der Waals surface area contributed by atoms with Crippen LogP contribution in [0.15, 0.2) is 336 Å². The van der Waals surface area contributed by atoms with Crippen LogP contribution in [0.5, 0.6) is 0 Å². The minimum Gasteiger partial charge on any atom is -0.455 e. The fraction of sp³-hybridized carbons (Fsp3) is 0.0345. The molecule has 430 valence electrons. The Labute approximate surface area is 529 Å². The maximum Gasteiger partial charge on any atom is 0.160 e. The van der Waals surface area contributed by atoms with Gasteiger partial charge in [-0.05, 0) is 130 Å². The molecule has 14 aromatic carbocycles. The molecule has 2 aromatic heterocycles. The van der Waals surface area contributed by atoms with E-state index in [2.05, 4.69) is 351 Å². The molecule has 0 atom stereocenters. The van der Waals surface area contributed by atoms with Crippen LogP contribution in [0.3, 0.4) is 0 Å². The maximum absolute atomic E-state index is 7.72. The van der Waals surface area contributed by atoms with E-state index in [0.29, 0.717) is 0 Å². The summed E-state index contributed by atoms with van der Waals surface area (Å²) in [6, 6.07) is 120. The van der Waals surface area contributed by atoms with Crippen LogP contribution in [-0.4, -0.2) is 0 Å². The van der Waals surface area contributed by atoms with Crippen molar-refractivity contribution in [3.8, 4) is 55.6 Å². The molecule has 17 rings (SSSR count). The molecule has 91 heavy (non-hydrogen) atoms. The third kappa shape index (κ3) is 8.74. The van der Waals surface area contributed by atoms with Gasteiger partial charge in [-0.3, -0.25) is 0 Å². The van der Waals surface area contributed by atoms with Gasteiger partial charge < -0.3 is 18.6 Å². The second-order valence-electron chi connectivity index (χ2n) is 24.0. The van der Waals surface area contributed by atoms with E-state index in [4.69, 9.17) is 8.83 Å². The molecule has 0 unspecified atom stereocenters. The Bertz CT molecular complexity index is 5350. The number of hydrogen-bond acceptors (Lipinski definition) is 4. The fourth-order valence-corrected chi connectivity index (χ4v) is 14.5. The monoisotopic (exact) mass is 1160 g/mol. The highest BCUT2D eigenvalue weighted by Crippen LogP contribution is 2.65. The van der Waals surface area contributed by atoms with Crippen LogP contribution in [0.25, 0.3) is 99.5 Å². The van der Waals surface area contributed by atoms with E-state index in [0.717, 1.165) is 156 Å². The molecule has 0 aliphatic heterocycles. The van der Waals surface area contributed by atoms with E-state index in [-0.39, 0.29) is 0 Å². The fourth-order valence-electron chi connectivity index (χ4n) is 14.5. The molecule has 0 saturated carbocycles. The summed E-state index contributed by atoms with van der Waals surface area (Å²) in [5, 5.41) is 4.07. The lowest BCUT2D eigenvalue weighted by molar-refractivity contribution is 0.668. The summed E-state index contributed by atoms with van der Waals surface area (Å²) in [7, 11) is 0. The Balaban J connectivity index is 1.06. The smallest absolute Gasteiger partial charge is 0.160 e. The summed E-state index contributed by atoms with van der Waals surface area (Å²) >= 11 is 0. The van der Waals surface area contributed by atoms with Crippen LogP contribution in [-0.2, 0) is 5.41 Å². The van der Waals surface area contributed by atoms with Crippen LogP contribution in [0.2, 0.25) is 0 Å². The first-order valence-corrected chi connectivity index (χ1v) is 31.3.